The molecule has 0 spiro atoms. The molecule has 0 saturated carbocycles. The van der Waals surface area contributed by atoms with Crippen molar-refractivity contribution in [3.8, 4) is 0 Å². The Morgan fingerprint density at radius 2 is 2.62 bits per heavy atom. The number of rotatable bonds is 2. The Hall–Kier alpha value is 0.470. The fourth-order valence-corrected chi connectivity index (χ4v) is 1.97. The highest BCUT2D eigenvalue weighted by molar-refractivity contribution is 14.1. The summed E-state index contributed by atoms with van der Waals surface area (Å²) in [5, 5.41) is 0. The third-order valence-electron chi connectivity index (χ3n) is 1.78. The summed E-state index contributed by atoms with van der Waals surface area (Å²) >= 11 is 2.46. The van der Waals surface area contributed by atoms with Crippen LogP contribution in [0.25, 0.3) is 0 Å². The Balaban J connectivity index is 2.35. The number of hydrogen-bond donors (Lipinski definition) is 0. The van der Waals surface area contributed by atoms with Crippen molar-refractivity contribution >= 4 is 22.6 Å². The van der Waals surface area contributed by atoms with Crippen LogP contribution < -0.4 is 0 Å². The van der Waals surface area contributed by atoms with Crippen LogP contribution in [0.15, 0.2) is 11.6 Å². The van der Waals surface area contributed by atoms with E-state index in [2.05, 4.69) is 35.6 Å². The lowest BCUT2D eigenvalue weighted by atomic mass is 9.85. The first-order valence-electron chi connectivity index (χ1n) is 3.13. The molecule has 1 aliphatic rings. The van der Waals surface area contributed by atoms with Gasteiger partial charge in [-0.05, 0) is 18.8 Å². The zero-order valence-electron chi connectivity index (χ0n) is 5.15. The second-order valence-electron chi connectivity index (χ2n) is 2.22. The van der Waals surface area contributed by atoms with Gasteiger partial charge in [-0.25, -0.2) is 0 Å². The van der Waals surface area contributed by atoms with Gasteiger partial charge in [-0.2, -0.15) is 0 Å². The summed E-state index contributed by atoms with van der Waals surface area (Å²) in [4.78, 5) is 0. The smallest absolute Gasteiger partial charge is 0.00639 e. The Labute approximate surface area is 64.5 Å². The fourth-order valence-electron chi connectivity index (χ4n) is 1.05. The first-order chi connectivity index (χ1) is 3.88. The number of alkyl halides is 1. The molecule has 1 rings (SSSR count). The summed E-state index contributed by atoms with van der Waals surface area (Å²) in [7, 11) is 0. The van der Waals surface area contributed by atoms with Gasteiger partial charge in [-0.3, -0.25) is 0 Å². The Morgan fingerprint density at radius 1 is 1.88 bits per heavy atom. The van der Waals surface area contributed by atoms with Gasteiger partial charge in [0, 0.05) is 4.43 Å². The molecule has 0 bridgehead atoms. The van der Waals surface area contributed by atoms with Crippen LogP contribution in [0.5, 0.6) is 0 Å². The molecule has 8 heavy (non-hydrogen) atoms. The zero-order chi connectivity index (χ0) is 5.98. The van der Waals surface area contributed by atoms with Crippen LogP contribution in [0.2, 0.25) is 0 Å². The molecule has 0 aromatic heterocycles. The van der Waals surface area contributed by atoms with Gasteiger partial charge in [0.1, 0.15) is 0 Å². The van der Waals surface area contributed by atoms with Crippen LogP contribution in [0.4, 0.5) is 0 Å². The van der Waals surface area contributed by atoms with Crippen molar-refractivity contribution in [1.29, 1.82) is 0 Å². The SMILES string of the molecule is CCC1=CC[C@H]1CI. The molecule has 0 nitrogen and oxygen atoms in total. The van der Waals surface area contributed by atoms with E-state index in [0.717, 1.165) is 5.92 Å². The van der Waals surface area contributed by atoms with E-state index in [1.54, 1.807) is 5.57 Å². The lowest BCUT2D eigenvalue weighted by molar-refractivity contribution is 0.615. The normalized spacial score (nSPS) is 26.8. The van der Waals surface area contributed by atoms with Crippen molar-refractivity contribution in [2.45, 2.75) is 19.8 Å². The van der Waals surface area contributed by atoms with E-state index in [1.807, 2.05) is 0 Å². The van der Waals surface area contributed by atoms with Gasteiger partial charge in [0.2, 0.25) is 0 Å². The van der Waals surface area contributed by atoms with E-state index in [1.165, 1.54) is 17.3 Å². The lowest BCUT2D eigenvalue weighted by Crippen LogP contribution is -2.12. The Morgan fingerprint density at radius 3 is 2.75 bits per heavy atom. The minimum Gasteiger partial charge on any atom is -0.0857 e. The summed E-state index contributed by atoms with van der Waals surface area (Å²) in [6, 6.07) is 0. The Bertz CT molecular complexity index is 105. The molecule has 1 heteroatoms. The van der Waals surface area contributed by atoms with Gasteiger partial charge in [0.15, 0.2) is 0 Å². The predicted octanol–water partition coefficient (Wildman–Crippen LogP) is 2.78. The first kappa shape index (κ1) is 6.59. The summed E-state index contributed by atoms with van der Waals surface area (Å²) in [6.07, 6.45) is 4.98. The molecule has 0 saturated heterocycles. The van der Waals surface area contributed by atoms with Crippen LogP contribution >= 0.6 is 22.6 Å². The minimum atomic E-state index is 0.945. The summed E-state index contributed by atoms with van der Waals surface area (Å²) < 4.78 is 1.32. The van der Waals surface area contributed by atoms with E-state index in [9.17, 15) is 0 Å². The zero-order valence-corrected chi connectivity index (χ0v) is 7.31. The quantitative estimate of drug-likeness (QED) is 0.383. The monoisotopic (exact) mass is 222 g/mol. The molecular formula is C7H11I. The standard InChI is InChI=1S/C7H11I/c1-2-6-3-4-7(6)5-8/h3,7H,2,4-5H2,1H3/t7-/m0/s1. The van der Waals surface area contributed by atoms with Gasteiger partial charge in [0.25, 0.3) is 0 Å². The highest BCUT2D eigenvalue weighted by atomic mass is 127. The molecule has 0 aromatic rings. The van der Waals surface area contributed by atoms with E-state index in [4.69, 9.17) is 0 Å². The fraction of sp³-hybridized carbons (Fsp3) is 0.714. The molecule has 46 valence electrons. The van der Waals surface area contributed by atoms with Crippen molar-refractivity contribution in [1.82, 2.24) is 0 Å². The van der Waals surface area contributed by atoms with Crippen LogP contribution in [-0.4, -0.2) is 4.43 Å². The molecule has 1 aliphatic carbocycles. The second kappa shape index (κ2) is 2.85. The van der Waals surface area contributed by atoms with Gasteiger partial charge in [0.05, 0.1) is 0 Å². The van der Waals surface area contributed by atoms with Crippen molar-refractivity contribution in [3.05, 3.63) is 11.6 Å². The molecule has 0 heterocycles. The lowest BCUT2D eigenvalue weighted by Gasteiger charge is -2.23. The van der Waals surface area contributed by atoms with Gasteiger partial charge in [-0.1, -0.05) is 41.2 Å². The van der Waals surface area contributed by atoms with Crippen LogP contribution in [0.3, 0.4) is 0 Å². The maximum absolute atomic E-state index is 2.46. The largest absolute Gasteiger partial charge is 0.0857 e. The summed E-state index contributed by atoms with van der Waals surface area (Å²) in [5.74, 6) is 0.945. The third-order valence-corrected chi connectivity index (χ3v) is 2.85. The average molecular weight is 222 g/mol. The molecule has 0 radical (unpaired) electrons. The molecular weight excluding hydrogens is 211 g/mol. The molecule has 0 unspecified atom stereocenters. The van der Waals surface area contributed by atoms with E-state index >= 15 is 0 Å². The average Bonchev–Trinajstić information content (AvgIpc) is 1.66. The van der Waals surface area contributed by atoms with Crippen molar-refractivity contribution in [3.63, 3.8) is 0 Å². The van der Waals surface area contributed by atoms with Crippen LogP contribution in [0, 0.1) is 5.92 Å². The molecule has 0 N–H and O–H groups in total. The minimum absolute atomic E-state index is 0.945. The van der Waals surface area contributed by atoms with Crippen molar-refractivity contribution in [2.75, 3.05) is 4.43 Å². The summed E-state index contributed by atoms with van der Waals surface area (Å²) in [5.41, 5.74) is 1.68. The van der Waals surface area contributed by atoms with Gasteiger partial charge >= 0.3 is 0 Å². The molecule has 0 amide bonds. The number of allylic oxidation sites excluding steroid dienone is 2. The maximum atomic E-state index is 2.46. The third kappa shape index (κ3) is 1.07. The van der Waals surface area contributed by atoms with E-state index in [-0.39, 0.29) is 0 Å². The first-order valence-corrected chi connectivity index (χ1v) is 4.66. The molecule has 0 aliphatic heterocycles. The second-order valence-corrected chi connectivity index (χ2v) is 3.10. The molecule has 1 atom stereocenters. The van der Waals surface area contributed by atoms with Gasteiger partial charge < -0.3 is 0 Å². The van der Waals surface area contributed by atoms with Crippen LogP contribution in [-0.2, 0) is 0 Å². The molecule has 0 fully saturated rings. The Kier molecular flexibility index (Phi) is 2.35. The topological polar surface area (TPSA) is 0 Å². The highest BCUT2D eigenvalue weighted by Gasteiger charge is 2.16. The summed E-state index contributed by atoms with van der Waals surface area (Å²) in [6.45, 7) is 2.24. The highest BCUT2D eigenvalue weighted by Crippen LogP contribution is 2.30. The van der Waals surface area contributed by atoms with Gasteiger partial charge in [-0.15, -0.1) is 0 Å². The number of halogens is 1. The number of hydrogen-bond acceptors (Lipinski definition) is 0. The van der Waals surface area contributed by atoms with Crippen LogP contribution in [0.1, 0.15) is 19.8 Å². The van der Waals surface area contributed by atoms with E-state index in [0.29, 0.717) is 0 Å². The maximum Gasteiger partial charge on any atom is 0.00639 e. The van der Waals surface area contributed by atoms with E-state index < -0.39 is 0 Å². The van der Waals surface area contributed by atoms with Crippen molar-refractivity contribution < 1.29 is 0 Å². The predicted molar refractivity (Wildman–Crippen MR) is 45.4 cm³/mol. The van der Waals surface area contributed by atoms with Crippen molar-refractivity contribution in [2.24, 2.45) is 5.92 Å². The molecule has 0 aromatic carbocycles.